The SMILES string of the molecule is c1ccc(-c2ccc(N(c3ccc4oc5ccccc5c4c3-c3ccc4ccccc4c3)c3ccc(-c4ccccc4)c4ccccc34)cc2)cc1. The van der Waals surface area contributed by atoms with Crippen LogP contribution in [-0.2, 0) is 0 Å². The maximum absolute atomic E-state index is 6.53. The highest BCUT2D eigenvalue weighted by Gasteiger charge is 2.24. The first kappa shape index (κ1) is 30.0. The lowest BCUT2D eigenvalue weighted by Gasteiger charge is -2.30. The van der Waals surface area contributed by atoms with E-state index in [2.05, 4.69) is 199 Å². The zero-order chi connectivity index (χ0) is 34.4. The molecule has 0 aliphatic heterocycles. The number of anilines is 3. The van der Waals surface area contributed by atoms with Crippen molar-refractivity contribution < 1.29 is 4.42 Å². The molecule has 1 aromatic heterocycles. The van der Waals surface area contributed by atoms with Crippen molar-refractivity contribution in [3.63, 3.8) is 0 Å². The molecular formula is C50H33NO. The van der Waals surface area contributed by atoms with Gasteiger partial charge >= 0.3 is 0 Å². The van der Waals surface area contributed by atoms with Gasteiger partial charge in [0.2, 0.25) is 0 Å². The molecular weight excluding hydrogens is 631 g/mol. The third kappa shape index (κ3) is 5.04. The number of para-hydroxylation sites is 1. The van der Waals surface area contributed by atoms with Crippen LogP contribution in [-0.4, -0.2) is 0 Å². The van der Waals surface area contributed by atoms with E-state index in [0.29, 0.717) is 0 Å². The minimum Gasteiger partial charge on any atom is -0.456 e. The molecule has 52 heavy (non-hydrogen) atoms. The second kappa shape index (κ2) is 12.5. The number of rotatable bonds is 6. The first-order valence-electron chi connectivity index (χ1n) is 17.8. The Labute approximate surface area is 302 Å². The van der Waals surface area contributed by atoms with Gasteiger partial charge in [-0.3, -0.25) is 0 Å². The highest BCUT2D eigenvalue weighted by atomic mass is 16.3. The van der Waals surface area contributed by atoms with Crippen molar-refractivity contribution in [3.05, 3.63) is 200 Å². The summed E-state index contributed by atoms with van der Waals surface area (Å²) in [7, 11) is 0. The largest absolute Gasteiger partial charge is 0.456 e. The van der Waals surface area contributed by atoms with Crippen LogP contribution in [0.5, 0.6) is 0 Å². The minimum absolute atomic E-state index is 0.872. The Morgan fingerprint density at radius 2 is 0.942 bits per heavy atom. The van der Waals surface area contributed by atoms with Crippen molar-refractivity contribution in [2.24, 2.45) is 0 Å². The smallest absolute Gasteiger partial charge is 0.136 e. The minimum atomic E-state index is 0.872. The Balaban J connectivity index is 1.29. The summed E-state index contributed by atoms with van der Waals surface area (Å²) in [6, 6.07) is 71.8. The van der Waals surface area contributed by atoms with Gasteiger partial charge in [0, 0.05) is 27.4 Å². The Morgan fingerprint density at radius 3 is 1.73 bits per heavy atom. The van der Waals surface area contributed by atoms with Crippen LogP contribution in [0.1, 0.15) is 0 Å². The van der Waals surface area contributed by atoms with E-state index in [-0.39, 0.29) is 0 Å². The van der Waals surface area contributed by atoms with Crippen LogP contribution in [0.15, 0.2) is 205 Å². The molecule has 244 valence electrons. The van der Waals surface area contributed by atoms with E-state index >= 15 is 0 Å². The fraction of sp³-hybridized carbons (Fsp3) is 0. The summed E-state index contributed by atoms with van der Waals surface area (Å²) in [6.07, 6.45) is 0. The normalized spacial score (nSPS) is 11.5. The van der Waals surface area contributed by atoms with Gasteiger partial charge in [-0.2, -0.15) is 0 Å². The molecule has 0 radical (unpaired) electrons. The Kier molecular flexibility index (Phi) is 7.18. The van der Waals surface area contributed by atoms with Crippen molar-refractivity contribution in [1.29, 1.82) is 0 Å². The van der Waals surface area contributed by atoms with Crippen molar-refractivity contribution in [2.75, 3.05) is 4.90 Å². The quantitative estimate of drug-likeness (QED) is 0.176. The van der Waals surface area contributed by atoms with Crippen molar-refractivity contribution >= 4 is 60.5 Å². The van der Waals surface area contributed by atoms with Crippen molar-refractivity contribution in [3.8, 4) is 33.4 Å². The third-order valence-corrected chi connectivity index (χ3v) is 10.3. The molecule has 0 saturated carbocycles. The van der Waals surface area contributed by atoms with Crippen LogP contribution < -0.4 is 4.90 Å². The summed E-state index contributed by atoms with van der Waals surface area (Å²) >= 11 is 0. The van der Waals surface area contributed by atoms with E-state index in [9.17, 15) is 0 Å². The number of benzene rings is 9. The number of hydrogen-bond donors (Lipinski definition) is 0. The van der Waals surface area contributed by atoms with Gasteiger partial charge in [-0.05, 0) is 86.4 Å². The second-order valence-corrected chi connectivity index (χ2v) is 13.3. The number of fused-ring (bicyclic) bond motifs is 5. The molecule has 0 aliphatic carbocycles. The zero-order valence-electron chi connectivity index (χ0n) is 28.4. The molecule has 0 unspecified atom stereocenters. The summed E-state index contributed by atoms with van der Waals surface area (Å²) in [5, 5.41) is 7.02. The van der Waals surface area contributed by atoms with Gasteiger partial charge in [-0.1, -0.05) is 158 Å². The average molecular weight is 664 g/mol. The van der Waals surface area contributed by atoms with E-state index in [1.807, 2.05) is 6.07 Å². The topological polar surface area (TPSA) is 16.4 Å². The Hall–Kier alpha value is -6.90. The van der Waals surface area contributed by atoms with Gasteiger partial charge < -0.3 is 9.32 Å². The molecule has 10 aromatic rings. The fourth-order valence-electron chi connectivity index (χ4n) is 7.82. The highest BCUT2D eigenvalue weighted by Crippen LogP contribution is 2.49. The molecule has 0 aliphatic rings. The van der Waals surface area contributed by atoms with Crippen LogP contribution in [0.25, 0.3) is 76.9 Å². The molecule has 9 aromatic carbocycles. The summed E-state index contributed by atoms with van der Waals surface area (Å²) in [6.45, 7) is 0. The van der Waals surface area contributed by atoms with Gasteiger partial charge in [-0.25, -0.2) is 0 Å². The monoisotopic (exact) mass is 663 g/mol. The standard InChI is InChI=1S/C50H33NO/c1-3-13-34(14-4-1)36-25-27-40(28-26-36)51(45-30-29-41(37-16-5-2-6-17-37)42-19-9-10-20-43(42)45)46-31-32-48-50(44-21-11-12-22-47(44)52-48)49(46)39-24-23-35-15-7-8-18-38(35)33-39/h1-33H. The van der Waals surface area contributed by atoms with Gasteiger partial charge in [0.1, 0.15) is 11.2 Å². The summed E-state index contributed by atoms with van der Waals surface area (Å²) in [4.78, 5) is 2.44. The number of hydrogen-bond acceptors (Lipinski definition) is 2. The predicted molar refractivity (Wildman–Crippen MR) is 220 cm³/mol. The first-order chi connectivity index (χ1) is 25.8. The number of nitrogens with zero attached hydrogens (tertiary/aromatic N) is 1. The van der Waals surface area contributed by atoms with Crippen LogP contribution >= 0.6 is 0 Å². The van der Waals surface area contributed by atoms with E-state index in [4.69, 9.17) is 4.42 Å². The molecule has 2 heteroatoms. The summed E-state index contributed by atoms with van der Waals surface area (Å²) in [5.41, 5.74) is 12.1. The maximum atomic E-state index is 6.53. The van der Waals surface area contributed by atoms with Gasteiger partial charge in [-0.15, -0.1) is 0 Å². The van der Waals surface area contributed by atoms with Crippen molar-refractivity contribution in [2.45, 2.75) is 0 Å². The maximum Gasteiger partial charge on any atom is 0.136 e. The molecule has 0 spiro atoms. The molecule has 0 fully saturated rings. The Bertz CT molecular complexity index is 2890. The third-order valence-electron chi connectivity index (χ3n) is 10.3. The molecule has 10 rings (SSSR count). The average Bonchev–Trinajstić information content (AvgIpc) is 3.60. The molecule has 0 bridgehead atoms. The molecule has 0 saturated heterocycles. The lowest BCUT2D eigenvalue weighted by Crippen LogP contribution is -2.12. The number of furan rings is 1. The second-order valence-electron chi connectivity index (χ2n) is 13.3. The summed E-state index contributed by atoms with van der Waals surface area (Å²) < 4.78 is 6.53. The summed E-state index contributed by atoms with van der Waals surface area (Å²) in [5.74, 6) is 0. The fourth-order valence-corrected chi connectivity index (χ4v) is 7.82. The zero-order valence-corrected chi connectivity index (χ0v) is 28.4. The van der Waals surface area contributed by atoms with E-state index in [0.717, 1.165) is 50.1 Å². The van der Waals surface area contributed by atoms with Gasteiger partial charge in [0.05, 0.1) is 11.4 Å². The highest BCUT2D eigenvalue weighted by molar-refractivity contribution is 6.18. The van der Waals surface area contributed by atoms with Crippen LogP contribution in [0.2, 0.25) is 0 Å². The molecule has 0 N–H and O–H groups in total. The van der Waals surface area contributed by atoms with Gasteiger partial charge in [0.15, 0.2) is 0 Å². The van der Waals surface area contributed by atoms with Crippen molar-refractivity contribution in [1.82, 2.24) is 0 Å². The van der Waals surface area contributed by atoms with Crippen LogP contribution in [0.3, 0.4) is 0 Å². The Morgan fingerprint density at radius 1 is 0.346 bits per heavy atom. The van der Waals surface area contributed by atoms with Crippen LogP contribution in [0, 0.1) is 0 Å². The van der Waals surface area contributed by atoms with E-state index < -0.39 is 0 Å². The van der Waals surface area contributed by atoms with Gasteiger partial charge in [0.25, 0.3) is 0 Å². The van der Waals surface area contributed by atoms with Crippen LogP contribution in [0.4, 0.5) is 17.1 Å². The predicted octanol–water partition coefficient (Wildman–Crippen LogP) is 14.4. The molecule has 2 nitrogen and oxygen atoms in total. The van der Waals surface area contributed by atoms with E-state index in [1.54, 1.807) is 0 Å². The molecule has 0 amide bonds. The lowest BCUT2D eigenvalue weighted by molar-refractivity contribution is 0.669. The van der Waals surface area contributed by atoms with E-state index in [1.165, 1.54) is 43.8 Å². The molecule has 1 heterocycles. The lowest BCUT2D eigenvalue weighted by atomic mass is 9.93. The molecule has 0 atom stereocenters. The first-order valence-corrected chi connectivity index (χ1v) is 17.8.